The summed E-state index contributed by atoms with van der Waals surface area (Å²) in [5, 5.41) is 0.262. The summed E-state index contributed by atoms with van der Waals surface area (Å²) in [5.74, 6) is -1.27. The first kappa shape index (κ1) is 24.7. The normalized spacial score (nSPS) is 11.6. The van der Waals surface area contributed by atoms with Crippen molar-refractivity contribution in [3.63, 3.8) is 0 Å². The fourth-order valence-corrected chi connectivity index (χ4v) is 5.54. The quantitative estimate of drug-likeness (QED) is 0.345. The molecule has 0 fully saturated rings. The molecule has 0 aliphatic rings. The number of fused-ring (bicyclic) bond motifs is 1. The van der Waals surface area contributed by atoms with Gasteiger partial charge in [-0.25, -0.2) is 22.8 Å². The van der Waals surface area contributed by atoms with E-state index in [1.165, 1.54) is 37.5 Å². The molecule has 4 rings (SSSR count). The van der Waals surface area contributed by atoms with Gasteiger partial charge in [-0.2, -0.15) is 0 Å². The lowest BCUT2D eigenvalue weighted by Gasteiger charge is -2.14. The third kappa shape index (κ3) is 4.75. The molecule has 0 saturated carbocycles. The number of hydrogen-bond acceptors (Lipinski definition) is 7. The summed E-state index contributed by atoms with van der Waals surface area (Å²) in [4.78, 5) is 18.9. The minimum Gasteiger partial charge on any atom is -0.461 e. The van der Waals surface area contributed by atoms with Crippen LogP contribution in [0.5, 0.6) is 0 Å². The number of rotatable bonds is 6. The van der Waals surface area contributed by atoms with Crippen LogP contribution in [-0.4, -0.2) is 28.9 Å². The number of benzene rings is 2. The van der Waals surface area contributed by atoms with Crippen LogP contribution in [0.2, 0.25) is 10.0 Å². The van der Waals surface area contributed by atoms with Crippen molar-refractivity contribution in [1.82, 2.24) is 14.5 Å². The van der Waals surface area contributed by atoms with E-state index in [0.717, 1.165) is 6.07 Å². The van der Waals surface area contributed by atoms with Gasteiger partial charge in [0.1, 0.15) is 29.3 Å². The monoisotopic (exact) mass is 537 g/mol. The summed E-state index contributed by atoms with van der Waals surface area (Å²) in [7, 11) is -2.68. The molecular formula is C22H18Cl2FN5O4S. The van der Waals surface area contributed by atoms with Crippen LogP contribution >= 0.6 is 23.2 Å². The van der Waals surface area contributed by atoms with Crippen molar-refractivity contribution in [2.24, 2.45) is 7.05 Å². The van der Waals surface area contributed by atoms with Crippen LogP contribution in [-0.2, 0) is 33.2 Å². The van der Waals surface area contributed by atoms with E-state index in [1.807, 2.05) is 0 Å². The summed E-state index contributed by atoms with van der Waals surface area (Å²) >= 11 is 12.3. The summed E-state index contributed by atoms with van der Waals surface area (Å²) in [5.41, 5.74) is 6.82. The van der Waals surface area contributed by atoms with Crippen LogP contribution in [0.3, 0.4) is 0 Å². The van der Waals surface area contributed by atoms with Crippen molar-refractivity contribution in [2.75, 3.05) is 10.5 Å². The van der Waals surface area contributed by atoms with E-state index >= 15 is 4.39 Å². The largest absolute Gasteiger partial charge is 0.461 e. The molecule has 2 heterocycles. The van der Waals surface area contributed by atoms with Crippen molar-refractivity contribution < 1.29 is 22.3 Å². The van der Waals surface area contributed by atoms with Crippen molar-refractivity contribution >= 4 is 61.7 Å². The molecule has 3 N–H and O–H groups in total. The predicted molar refractivity (Wildman–Crippen MR) is 131 cm³/mol. The smallest absolute Gasteiger partial charge is 0.302 e. The number of hydrogen-bond donors (Lipinski definition) is 2. The second kappa shape index (κ2) is 9.33. The third-order valence-electron chi connectivity index (χ3n) is 5.12. The highest BCUT2D eigenvalue weighted by molar-refractivity contribution is 7.92. The number of carbonyl (C=O) groups excluding carboxylic acids is 1. The van der Waals surface area contributed by atoms with Gasteiger partial charge < -0.3 is 15.0 Å². The first-order valence-electron chi connectivity index (χ1n) is 9.98. The van der Waals surface area contributed by atoms with E-state index in [2.05, 4.69) is 14.7 Å². The van der Waals surface area contributed by atoms with Gasteiger partial charge in [-0.3, -0.25) is 9.52 Å². The van der Waals surface area contributed by atoms with Gasteiger partial charge in [0.25, 0.3) is 10.0 Å². The lowest BCUT2D eigenvalue weighted by molar-refractivity contribution is -0.142. The highest BCUT2D eigenvalue weighted by Gasteiger charge is 2.25. The maximum Gasteiger partial charge on any atom is 0.302 e. The second-order valence-corrected chi connectivity index (χ2v) is 10.0. The average molecular weight is 538 g/mol. The van der Waals surface area contributed by atoms with E-state index in [-0.39, 0.29) is 39.3 Å². The zero-order chi connectivity index (χ0) is 25.5. The Morgan fingerprint density at radius 3 is 2.69 bits per heavy atom. The number of nitrogen functional groups attached to an aromatic ring is 1. The Morgan fingerprint density at radius 2 is 1.97 bits per heavy atom. The standard InChI is InChI=1S/C22H18Cl2FN5O4S/c1-11(31)34-9-12-6-13(23)7-17(19(12)24)35(32,33)29-16-5-3-4-14(20(16)25)15-8-30(2)22-18(15)21(26)27-10-28-22/h3-8,10,29H,9H2,1-2H3,(H2,26,27,28). The van der Waals surface area contributed by atoms with Crippen LogP contribution in [0, 0.1) is 5.82 Å². The number of nitrogens with two attached hydrogens (primary N) is 1. The van der Waals surface area contributed by atoms with Gasteiger partial charge in [-0.05, 0) is 18.2 Å². The Hall–Kier alpha value is -3.41. The van der Waals surface area contributed by atoms with Gasteiger partial charge in [0.15, 0.2) is 5.82 Å². The lowest BCUT2D eigenvalue weighted by Crippen LogP contribution is -2.15. The number of ether oxygens (including phenoxy) is 1. The molecule has 0 radical (unpaired) electrons. The maximum absolute atomic E-state index is 15.6. The molecule has 0 aliphatic carbocycles. The van der Waals surface area contributed by atoms with Crippen LogP contribution in [0.25, 0.3) is 22.2 Å². The zero-order valence-electron chi connectivity index (χ0n) is 18.3. The first-order chi connectivity index (χ1) is 16.5. The highest BCUT2D eigenvalue weighted by Crippen LogP contribution is 2.37. The average Bonchev–Trinajstić information content (AvgIpc) is 3.13. The summed E-state index contributed by atoms with van der Waals surface area (Å²) in [6, 6.07) is 6.73. The molecule has 4 aromatic rings. The topological polar surface area (TPSA) is 129 Å². The number of sulfonamides is 1. The molecule has 0 saturated heterocycles. The van der Waals surface area contributed by atoms with Gasteiger partial charge in [0, 0.05) is 41.9 Å². The van der Waals surface area contributed by atoms with Crippen molar-refractivity contribution in [1.29, 1.82) is 0 Å². The van der Waals surface area contributed by atoms with Crippen molar-refractivity contribution in [2.45, 2.75) is 18.4 Å². The number of anilines is 2. The highest BCUT2D eigenvalue weighted by atomic mass is 35.5. The number of aromatic nitrogens is 3. The van der Waals surface area contributed by atoms with Crippen LogP contribution in [0.15, 0.2) is 47.8 Å². The Labute approximate surface area is 209 Å². The fraction of sp³-hybridized carbons (Fsp3) is 0.136. The van der Waals surface area contributed by atoms with Gasteiger partial charge >= 0.3 is 5.97 Å². The molecule has 0 amide bonds. The van der Waals surface area contributed by atoms with E-state index < -0.39 is 26.7 Å². The molecule has 0 aliphatic heterocycles. The van der Waals surface area contributed by atoms with E-state index in [9.17, 15) is 13.2 Å². The lowest BCUT2D eigenvalue weighted by atomic mass is 10.0. The van der Waals surface area contributed by atoms with E-state index in [0.29, 0.717) is 16.6 Å². The molecule has 0 bridgehead atoms. The third-order valence-corrected chi connectivity index (χ3v) is 7.28. The first-order valence-corrected chi connectivity index (χ1v) is 12.2. The number of nitrogens with zero attached hydrogens (tertiary/aromatic N) is 3. The molecule has 13 heteroatoms. The number of halogens is 3. The second-order valence-electron chi connectivity index (χ2n) is 7.54. The minimum absolute atomic E-state index is 0.0392. The molecule has 182 valence electrons. The van der Waals surface area contributed by atoms with E-state index in [1.54, 1.807) is 17.8 Å². The SMILES string of the molecule is CC(=O)OCc1cc(Cl)cc(S(=O)(=O)Nc2cccc(-c3cn(C)c4ncnc(N)c34)c2F)c1Cl. The molecule has 0 unspecified atom stereocenters. The molecule has 2 aromatic heterocycles. The number of aryl methyl sites for hydroxylation is 1. The maximum atomic E-state index is 15.6. The molecular weight excluding hydrogens is 520 g/mol. The molecule has 35 heavy (non-hydrogen) atoms. The zero-order valence-corrected chi connectivity index (χ0v) is 20.7. The Balaban J connectivity index is 1.77. The van der Waals surface area contributed by atoms with Gasteiger partial charge in [0.05, 0.1) is 16.1 Å². The summed E-state index contributed by atoms with van der Waals surface area (Å²) < 4.78 is 50.7. The number of esters is 1. The van der Waals surface area contributed by atoms with Crippen molar-refractivity contribution in [3.8, 4) is 11.1 Å². The Morgan fingerprint density at radius 1 is 1.23 bits per heavy atom. The van der Waals surface area contributed by atoms with Gasteiger partial charge in [0.2, 0.25) is 0 Å². The van der Waals surface area contributed by atoms with Gasteiger partial charge in [-0.15, -0.1) is 0 Å². The Kier molecular flexibility index (Phi) is 6.58. The molecule has 9 nitrogen and oxygen atoms in total. The fourth-order valence-electron chi connectivity index (χ4n) is 3.56. The number of carbonyl (C=O) groups is 1. The van der Waals surface area contributed by atoms with Crippen LogP contribution in [0.1, 0.15) is 12.5 Å². The van der Waals surface area contributed by atoms with Crippen molar-refractivity contribution in [3.05, 3.63) is 64.3 Å². The summed E-state index contributed by atoms with van der Waals surface area (Å²) in [6.45, 7) is 0.911. The predicted octanol–water partition coefficient (Wildman–Crippen LogP) is 4.53. The van der Waals surface area contributed by atoms with E-state index in [4.69, 9.17) is 33.7 Å². The Bertz CT molecular complexity index is 1590. The molecule has 2 aromatic carbocycles. The molecule has 0 spiro atoms. The summed E-state index contributed by atoms with van der Waals surface area (Å²) in [6.07, 6.45) is 2.92. The number of nitrogens with one attached hydrogen (secondary N) is 1. The minimum atomic E-state index is -4.40. The van der Waals surface area contributed by atoms with Crippen LogP contribution in [0.4, 0.5) is 15.9 Å². The molecule has 0 atom stereocenters. The van der Waals surface area contributed by atoms with Crippen LogP contribution < -0.4 is 10.5 Å². The van der Waals surface area contributed by atoms with Gasteiger partial charge in [-0.1, -0.05) is 35.3 Å².